The van der Waals surface area contributed by atoms with Crippen LogP contribution in [0, 0.1) is 0 Å². The molecule has 6 rings (SSSR count). The molecule has 8 nitrogen and oxygen atoms in total. The van der Waals surface area contributed by atoms with Gasteiger partial charge in [-0.15, -0.1) is 0 Å². The highest BCUT2D eigenvalue weighted by atomic mass is 16.2. The van der Waals surface area contributed by atoms with E-state index in [0.717, 1.165) is 36.9 Å². The molecular formula is C25H28N6O2. The lowest BCUT2D eigenvalue weighted by atomic mass is 10.1. The monoisotopic (exact) mass is 446 g/mol. The zero-order chi connectivity index (χ0) is 24.2. The SMILES string of the molecule is [2H]C([2H])(c1cnc2cc(C3CC3)c(=O)[nH]c2c1)N1CCN(c2ccc(C(=O)NC3CC3)nc2)CC1. The standard InChI is InChI=1S/C25H28N6O2/c32-24-20(17-1-2-17)12-22-23(29-24)11-16(13-26-22)15-30-7-9-31(10-8-30)19-5-6-21(27-14-19)25(33)28-18-3-4-18/h5-6,11-14,17-18H,1-4,7-10,15H2,(H,28,33)(H,29,32)/i15D2. The smallest absolute Gasteiger partial charge is 0.270 e. The zero-order valence-corrected chi connectivity index (χ0v) is 18.4. The number of hydrogen-bond acceptors (Lipinski definition) is 6. The largest absolute Gasteiger partial charge is 0.368 e. The van der Waals surface area contributed by atoms with Crippen LogP contribution in [0.1, 0.15) is 56.0 Å². The van der Waals surface area contributed by atoms with Gasteiger partial charge in [-0.05, 0) is 61.4 Å². The van der Waals surface area contributed by atoms with Crippen molar-refractivity contribution in [1.29, 1.82) is 0 Å². The van der Waals surface area contributed by atoms with Crippen molar-refractivity contribution in [1.82, 2.24) is 25.2 Å². The van der Waals surface area contributed by atoms with Gasteiger partial charge in [0, 0.05) is 53.2 Å². The number of H-pyrrole nitrogens is 1. The van der Waals surface area contributed by atoms with Crippen molar-refractivity contribution in [2.45, 2.75) is 44.1 Å². The molecule has 0 atom stereocenters. The summed E-state index contributed by atoms with van der Waals surface area (Å²) in [6.45, 7) is 0.593. The summed E-state index contributed by atoms with van der Waals surface area (Å²) >= 11 is 0. The molecule has 0 radical (unpaired) electrons. The number of anilines is 1. The second-order valence-corrected chi connectivity index (χ2v) is 9.22. The van der Waals surface area contributed by atoms with Crippen LogP contribution < -0.4 is 15.8 Å². The van der Waals surface area contributed by atoms with Crippen LogP contribution in [0.4, 0.5) is 5.69 Å². The van der Waals surface area contributed by atoms with Crippen LogP contribution in [0.5, 0.6) is 0 Å². The number of carbonyl (C=O) groups is 1. The number of hydrogen-bond donors (Lipinski definition) is 2. The van der Waals surface area contributed by atoms with Crippen molar-refractivity contribution in [2.24, 2.45) is 0 Å². The molecule has 1 aliphatic heterocycles. The Bertz CT molecular complexity index is 1330. The van der Waals surface area contributed by atoms with Crippen molar-refractivity contribution in [3.63, 3.8) is 0 Å². The van der Waals surface area contributed by atoms with Crippen molar-refractivity contribution in [2.75, 3.05) is 31.1 Å². The Hall–Kier alpha value is -3.26. The van der Waals surface area contributed by atoms with E-state index in [4.69, 9.17) is 2.74 Å². The average Bonchev–Trinajstić information content (AvgIpc) is 3.79. The highest BCUT2D eigenvalue weighted by molar-refractivity contribution is 5.92. The summed E-state index contributed by atoms with van der Waals surface area (Å²) in [6.07, 6.45) is 7.45. The minimum absolute atomic E-state index is 0.0993. The summed E-state index contributed by atoms with van der Waals surface area (Å²) in [5.74, 6) is 0.199. The number of fused-ring (bicyclic) bond motifs is 1. The fourth-order valence-corrected chi connectivity index (χ4v) is 4.31. The maximum absolute atomic E-state index is 12.4. The number of nitrogens with one attached hydrogen (secondary N) is 2. The van der Waals surface area contributed by atoms with E-state index in [1.54, 1.807) is 29.4 Å². The predicted molar refractivity (Wildman–Crippen MR) is 127 cm³/mol. The van der Waals surface area contributed by atoms with E-state index in [9.17, 15) is 9.59 Å². The Kier molecular flexibility index (Phi) is 4.56. The zero-order valence-electron chi connectivity index (χ0n) is 20.4. The predicted octanol–water partition coefficient (Wildman–Crippen LogP) is 2.41. The molecule has 3 aromatic heterocycles. The molecule has 0 bridgehead atoms. The summed E-state index contributed by atoms with van der Waals surface area (Å²) in [7, 11) is 0. The maximum atomic E-state index is 12.4. The van der Waals surface area contributed by atoms with Gasteiger partial charge in [0.1, 0.15) is 5.69 Å². The molecule has 3 aliphatic rings. The van der Waals surface area contributed by atoms with Crippen LogP contribution in [-0.2, 0) is 6.50 Å². The molecule has 2 aliphatic carbocycles. The van der Waals surface area contributed by atoms with Gasteiger partial charge in [-0.25, -0.2) is 4.98 Å². The first-order chi connectivity index (χ1) is 16.9. The highest BCUT2D eigenvalue weighted by Gasteiger charge is 2.27. The molecule has 2 saturated carbocycles. The van der Waals surface area contributed by atoms with Gasteiger partial charge in [-0.2, -0.15) is 0 Å². The van der Waals surface area contributed by atoms with E-state index in [1.165, 1.54) is 0 Å². The third kappa shape index (κ3) is 4.48. The fraction of sp³-hybridized carbons (Fsp3) is 0.440. The van der Waals surface area contributed by atoms with E-state index in [1.807, 2.05) is 12.1 Å². The molecule has 3 aromatic rings. The maximum Gasteiger partial charge on any atom is 0.270 e. The van der Waals surface area contributed by atoms with Crippen LogP contribution >= 0.6 is 0 Å². The summed E-state index contributed by atoms with van der Waals surface area (Å²) in [5, 5.41) is 2.94. The lowest BCUT2D eigenvalue weighted by Gasteiger charge is -2.36. The van der Waals surface area contributed by atoms with Crippen LogP contribution in [-0.4, -0.2) is 58.0 Å². The molecule has 0 spiro atoms. The summed E-state index contributed by atoms with van der Waals surface area (Å²) in [4.78, 5) is 40.2. The first kappa shape index (κ1) is 18.2. The molecular weight excluding hydrogens is 416 g/mol. The molecule has 1 saturated heterocycles. The number of amides is 1. The normalized spacial score (nSPS) is 20.4. The summed E-state index contributed by atoms with van der Waals surface area (Å²) in [5.41, 5.74) is 3.71. The average molecular weight is 447 g/mol. The van der Waals surface area contributed by atoms with Crippen LogP contribution in [0.25, 0.3) is 11.0 Å². The molecule has 1 amide bonds. The molecule has 0 aromatic carbocycles. The number of rotatable bonds is 6. The Balaban J connectivity index is 1.13. The molecule has 170 valence electrons. The number of aromatic amines is 1. The van der Waals surface area contributed by atoms with E-state index in [0.29, 0.717) is 60.4 Å². The Morgan fingerprint density at radius 1 is 1.09 bits per heavy atom. The topological polar surface area (TPSA) is 94.2 Å². The fourth-order valence-electron chi connectivity index (χ4n) is 4.31. The van der Waals surface area contributed by atoms with E-state index in [-0.39, 0.29) is 11.5 Å². The quantitative estimate of drug-likeness (QED) is 0.604. The second-order valence-electron chi connectivity index (χ2n) is 9.22. The van der Waals surface area contributed by atoms with Crippen molar-refractivity contribution >= 4 is 22.6 Å². The lowest BCUT2D eigenvalue weighted by Crippen LogP contribution is -2.46. The van der Waals surface area contributed by atoms with E-state index in [2.05, 4.69) is 25.2 Å². The van der Waals surface area contributed by atoms with Crippen molar-refractivity contribution in [3.05, 3.63) is 63.8 Å². The highest BCUT2D eigenvalue weighted by Crippen LogP contribution is 2.38. The van der Waals surface area contributed by atoms with Crippen LogP contribution in [0.3, 0.4) is 0 Å². The minimum Gasteiger partial charge on any atom is -0.368 e. The number of carbonyl (C=O) groups excluding carboxylic acids is 1. The first-order valence-electron chi connectivity index (χ1n) is 12.7. The van der Waals surface area contributed by atoms with Gasteiger partial charge in [-0.3, -0.25) is 19.5 Å². The molecule has 8 heteroatoms. The van der Waals surface area contributed by atoms with Gasteiger partial charge in [0.05, 0.1) is 22.9 Å². The van der Waals surface area contributed by atoms with Crippen molar-refractivity contribution in [3.8, 4) is 0 Å². The third-order valence-corrected chi connectivity index (χ3v) is 6.56. The van der Waals surface area contributed by atoms with Gasteiger partial charge in [-0.1, -0.05) is 0 Å². The number of nitrogens with zero attached hydrogens (tertiary/aromatic N) is 4. The van der Waals surface area contributed by atoms with Gasteiger partial charge in [0.15, 0.2) is 0 Å². The molecule has 0 unspecified atom stereocenters. The number of aromatic nitrogens is 3. The Morgan fingerprint density at radius 2 is 1.91 bits per heavy atom. The molecule has 4 heterocycles. The Labute approximate surface area is 194 Å². The van der Waals surface area contributed by atoms with Crippen molar-refractivity contribution < 1.29 is 7.54 Å². The van der Waals surface area contributed by atoms with Gasteiger partial charge >= 0.3 is 0 Å². The number of pyridine rings is 3. The minimum atomic E-state index is -1.72. The lowest BCUT2D eigenvalue weighted by molar-refractivity contribution is 0.0946. The van der Waals surface area contributed by atoms with E-state index >= 15 is 0 Å². The van der Waals surface area contributed by atoms with E-state index < -0.39 is 6.50 Å². The van der Waals surface area contributed by atoms with Gasteiger partial charge in [0.25, 0.3) is 11.5 Å². The van der Waals surface area contributed by atoms with Gasteiger partial charge in [0.2, 0.25) is 0 Å². The molecule has 3 fully saturated rings. The summed E-state index contributed by atoms with van der Waals surface area (Å²) < 4.78 is 17.6. The first-order valence-corrected chi connectivity index (χ1v) is 11.7. The molecule has 2 N–H and O–H groups in total. The third-order valence-electron chi connectivity index (χ3n) is 6.56. The summed E-state index contributed by atoms with van der Waals surface area (Å²) in [6, 6.07) is 7.50. The second kappa shape index (κ2) is 8.26. The van der Waals surface area contributed by atoms with Crippen LogP contribution in [0.15, 0.2) is 41.5 Å². The number of piperazine rings is 1. The Morgan fingerprint density at radius 3 is 2.61 bits per heavy atom. The van der Waals surface area contributed by atoms with Crippen LogP contribution in [0.2, 0.25) is 0 Å². The van der Waals surface area contributed by atoms with Gasteiger partial charge < -0.3 is 15.2 Å². The molecule has 33 heavy (non-hydrogen) atoms.